The van der Waals surface area contributed by atoms with Crippen molar-refractivity contribution in [3.05, 3.63) is 29.8 Å². The summed E-state index contributed by atoms with van der Waals surface area (Å²) in [5.41, 5.74) is 1.45. The molecule has 2 rings (SSSR count). The van der Waals surface area contributed by atoms with Crippen LogP contribution >= 0.6 is 0 Å². The van der Waals surface area contributed by atoms with Crippen LogP contribution in [0.5, 0.6) is 0 Å². The maximum absolute atomic E-state index is 12.3. The molecule has 7 nitrogen and oxygen atoms in total. The van der Waals surface area contributed by atoms with Crippen LogP contribution in [0.4, 0.5) is 5.69 Å². The molecule has 7 heteroatoms. The van der Waals surface area contributed by atoms with Gasteiger partial charge in [-0.05, 0) is 19.2 Å². The number of fused-ring (bicyclic) bond motifs is 1. The van der Waals surface area contributed by atoms with Crippen LogP contribution < -0.4 is 15.5 Å². The second kappa shape index (κ2) is 7.92. The molecule has 3 amide bonds. The van der Waals surface area contributed by atoms with E-state index in [4.69, 9.17) is 0 Å². The van der Waals surface area contributed by atoms with Crippen molar-refractivity contribution in [1.82, 2.24) is 15.5 Å². The SMILES string of the molecule is CCN(CC)CCNC(=O)C(=O)NC1C(=O)N(C)c2ccccc21. The first-order valence-electron chi connectivity index (χ1n) is 8.17. The average Bonchev–Trinajstić information content (AvgIpc) is 2.84. The first-order chi connectivity index (χ1) is 11.5. The highest BCUT2D eigenvalue weighted by atomic mass is 16.2. The molecule has 1 aliphatic heterocycles. The third kappa shape index (κ3) is 3.73. The number of benzene rings is 1. The van der Waals surface area contributed by atoms with Crippen LogP contribution in [0.15, 0.2) is 24.3 Å². The molecule has 1 unspecified atom stereocenters. The molecule has 24 heavy (non-hydrogen) atoms. The Morgan fingerprint density at radius 3 is 2.50 bits per heavy atom. The fraction of sp³-hybridized carbons (Fsp3) is 0.471. The number of anilines is 1. The number of carbonyl (C=O) groups excluding carboxylic acids is 3. The maximum Gasteiger partial charge on any atom is 0.310 e. The molecule has 0 radical (unpaired) electrons. The Hall–Kier alpha value is -2.41. The number of nitrogens with zero attached hydrogens (tertiary/aromatic N) is 2. The molecule has 0 aromatic heterocycles. The molecule has 0 saturated heterocycles. The Balaban J connectivity index is 1.92. The van der Waals surface area contributed by atoms with Crippen LogP contribution in [-0.2, 0) is 14.4 Å². The lowest BCUT2D eigenvalue weighted by Gasteiger charge is -2.18. The molecular formula is C17H24N4O3. The molecule has 2 N–H and O–H groups in total. The lowest BCUT2D eigenvalue weighted by molar-refractivity contribution is -0.140. The molecule has 0 saturated carbocycles. The van der Waals surface area contributed by atoms with Crippen LogP contribution in [0.25, 0.3) is 0 Å². The summed E-state index contributed by atoms with van der Waals surface area (Å²) in [4.78, 5) is 39.9. The van der Waals surface area contributed by atoms with Crippen LogP contribution in [0, 0.1) is 0 Å². The molecule has 1 atom stereocenters. The Morgan fingerprint density at radius 1 is 1.17 bits per heavy atom. The fourth-order valence-electron chi connectivity index (χ4n) is 2.77. The van der Waals surface area contributed by atoms with E-state index >= 15 is 0 Å². The van der Waals surface area contributed by atoms with Gasteiger partial charge in [0.1, 0.15) is 6.04 Å². The molecule has 1 heterocycles. The Morgan fingerprint density at radius 2 is 1.83 bits per heavy atom. The normalized spacial score (nSPS) is 16.2. The minimum atomic E-state index is -0.813. The molecular weight excluding hydrogens is 308 g/mol. The zero-order chi connectivity index (χ0) is 17.7. The summed E-state index contributed by atoms with van der Waals surface area (Å²) in [5.74, 6) is -1.76. The number of para-hydroxylation sites is 1. The minimum absolute atomic E-state index is 0.250. The monoisotopic (exact) mass is 332 g/mol. The van der Waals surface area contributed by atoms with Crippen molar-refractivity contribution in [3.8, 4) is 0 Å². The maximum atomic E-state index is 12.3. The number of amides is 3. The summed E-state index contributed by atoms with van der Waals surface area (Å²) < 4.78 is 0. The molecule has 1 aliphatic rings. The highest BCUT2D eigenvalue weighted by Gasteiger charge is 2.36. The lowest BCUT2D eigenvalue weighted by atomic mass is 10.1. The van der Waals surface area contributed by atoms with Crippen LogP contribution in [0.1, 0.15) is 25.5 Å². The molecule has 0 aliphatic carbocycles. The first-order valence-corrected chi connectivity index (χ1v) is 8.17. The van der Waals surface area contributed by atoms with Crippen molar-refractivity contribution >= 4 is 23.4 Å². The van der Waals surface area contributed by atoms with Crippen molar-refractivity contribution in [2.24, 2.45) is 0 Å². The van der Waals surface area contributed by atoms with Gasteiger partial charge < -0.3 is 20.4 Å². The summed E-state index contributed by atoms with van der Waals surface area (Å²) in [7, 11) is 1.65. The van der Waals surface area contributed by atoms with Crippen molar-refractivity contribution in [3.63, 3.8) is 0 Å². The minimum Gasteiger partial charge on any atom is -0.347 e. The van der Waals surface area contributed by atoms with Crippen molar-refractivity contribution in [2.45, 2.75) is 19.9 Å². The van der Waals surface area contributed by atoms with Gasteiger partial charge in [-0.15, -0.1) is 0 Å². The van der Waals surface area contributed by atoms with E-state index in [0.717, 1.165) is 18.8 Å². The second-order valence-electron chi connectivity index (χ2n) is 5.65. The number of hydrogen-bond acceptors (Lipinski definition) is 4. The van der Waals surface area contributed by atoms with E-state index in [1.807, 2.05) is 26.0 Å². The van der Waals surface area contributed by atoms with Gasteiger partial charge in [0.05, 0.1) is 0 Å². The molecule has 0 bridgehead atoms. The second-order valence-corrected chi connectivity index (χ2v) is 5.65. The number of rotatable bonds is 6. The van der Waals surface area contributed by atoms with E-state index in [1.54, 1.807) is 19.2 Å². The average molecular weight is 332 g/mol. The van der Waals surface area contributed by atoms with Crippen LogP contribution in [0.3, 0.4) is 0 Å². The predicted molar refractivity (Wildman–Crippen MR) is 91.5 cm³/mol. The predicted octanol–water partition coefficient (Wildman–Crippen LogP) is 0.278. The lowest BCUT2D eigenvalue weighted by Crippen LogP contribution is -2.45. The third-order valence-corrected chi connectivity index (χ3v) is 4.28. The summed E-state index contributed by atoms with van der Waals surface area (Å²) in [6, 6.07) is 6.40. The first kappa shape index (κ1) is 17.9. The van der Waals surface area contributed by atoms with E-state index in [1.165, 1.54) is 4.90 Å². The van der Waals surface area contributed by atoms with Gasteiger partial charge in [0.25, 0.3) is 5.91 Å². The van der Waals surface area contributed by atoms with Crippen LogP contribution in [0.2, 0.25) is 0 Å². The van der Waals surface area contributed by atoms with Crippen molar-refractivity contribution < 1.29 is 14.4 Å². The van der Waals surface area contributed by atoms with E-state index in [9.17, 15) is 14.4 Å². The van der Waals surface area contributed by atoms with Gasteiger partial charge in [-0.1, -0.05) is 32.0 Å². The molecule has 130 valence electrons. The zero-order valence-electron chi connectivity index (χ0n) is 14.3. The standard InChI is InChI=1S/C17H24N4O3/c1-4-21(5-2)11-10-18-15(22)16(23)19-14-12-8-6-7-9-13(12)20(3)17(14)24/h6-9,14H,4-5,10-11H2,1-3H3,(H,18,22)(H,19,23). The highest BCUT2D eigenvalue weighted by molar-refractivity contribution is 6.35. The van der Waals surface area contributed by atoms with Gasteiger partial charge in [0.15, 0.2) is 0 Å². The van der Waals surface area contributed by atoms with E-state index < -0.39 is 17.9 Å². The summed E-state index contributed by atoms with van der Waals surface area (Å²) in [6.07, 6.45) is 0. The largest absolute Gasteiger partial charge is 0.347 e. The van der Waals surface area contributed by atoms with Crippen molar-refractivity contribution in [1.29, 1.82) is 0 Å². The Labute approximate surface area is 142 Å². The number of hydrogen-bond donors (Lipinski definition) is 2. The summed E-state index contributed by atoms with van der Waals surface area (Å²) >= 11 is 0. The van der Waals surface area contributed by atoms with Gasteiger partial charge in [0, 0.05) is 31.4 Å². The van der Waals surface area contributed by atoms with E-state index in [-0.39, 0.29) is 5.91 Å². The number of carbonyl (C=O) groups is 3. The molecule has 1 aromatic rings. The smallest absolute Gasteiger partial charge is 0.310 e. The van der Waals surface area contributed by atoms with Crippen molar-refractivity contribution in [2.75, 3.05) is 38.1 Å². The van der Waals surface area contributed by atoms with Gasteiger partial charge in [-0.2, -0.15) is 0 Å². The highest BCUT2D eigenvalue weighted by Crippen LogP contribution is 2.34. The summed E-state index contributed by atoms with van der Waals surface area (Å²) in [5, 5.41) is 5.11. The van der Waals surface area contributed by atoms with Gasteiger partial charge >= 0.3 is 11.8 Å². The Kier molecular flexibility index (Phi) is 5.92. The molecule has 0 spiro atoms. The zero-order valence-corrected chi connectivity index (χ0v) is 14.3. The van der Waals surface area contributed by atoms with E-state index in [2.05, 4.69) is 15.5 Å². The van der Waals surface area contributed by atoms with Crippen LogP contribution in [-0.4, -0.2) is 55.8 Å². The number of nitrogens with one attached hydrogen (secondary N) is 2. The third-order valence-electron chi connectivity index (χ3n) is 4.28. The molecule has 0 fully saturated rings. The fourth-order valence-corrected chi connectivity index (χ4v) is 2.77. The van der Waals surface area contributed by atoms with Gasteiger partial charge in [-0.25, -0.2) is 0 Å². The van der Waals surface area contributed by atoms with Gasteiger partial charge in [-0.3, -0.25) is 14.4 Å². The molecule has 1 aromatic carbocycles. The Bertz CT molecular complexity index is 628. The quantitative estimate of drug-likeness (QED) is 0.733. The summed E-state index contributed by atoms with van der Waals surface area (Å²) in [6.45, 7) is 6.93. The van der Waals surface area contributed by atoms with E-state index in [0.29, 0.717) is 18.7 Å². The topological polar surface area (TPSA) is 81.8 Å². The van der Waals surface area contributed by atoms with Gasteiger partial charge in [0.2, 0.25) is 0 Å². The number of likely N-dealkylation sites (N-methyl/N-ethyl adjacent to an activating group) is 2.